The van der Waals surface area contributed by atoms with Gasteiger partial charge in [0.05, 0.1) is 7.11 Å². The number of piperidine rings is 1. The molecule has 3 rings (SSSR count). The lowest BCUT2D eigenvalue weighted by atomic mass is 10.0. The Balaban J connectivity index is 1.72. The molecule has 0 radical (unpaired) electrons. The van der Waals surface area contributed by atoms with E-state index < -0.39 is 0 Å². The van der Waals surface area contributed by atoms with Gasteiger partial charge in [0.15, 0.2) is 0 Å². The topological polar surface area (TPSA) is 80.6 Å². The summed E-state index contributed by atoms with van der Waals surface area (Å²) < 4.78 is 10.6. The quantitative estimate of drug-likeness (QED) is 0.810. The number of nitrogens with one attached hydrogen (secondary N) is 2. The molecule has 0 bridgehead atoms. The van der Waals surface area contributed by atoms with Gasteiger partial charge < -0.3 is 19.8 Å². The number of carbonyl (C=O) groups excluding carboxylic acids is 1. The molecule has 1 aromatic carbocycles. The Morgan fingerprint density at radius 3 is 2.84 bits per heavy atom. The highest BCUT2D eigenvalue weighted by Crippen LogP contribution is 2.24. The van der Waals surface area contributed by atoms with Gasteiger partial charge in [-0.1, -0.05) is 0 Å². The molecule has 0 aliphatic carbocycles. The zero-order valence-electron chi connectivity index (χ0n) is 14.7. The second kappa shape index (κ2) is 7.70. The van der Waals surface area contributed by atoms with Gasteiger partial charge in [-0.2, -0.15) is 0 Å². The van der Waals surface area contributed by atoms with Gasteiger partial charge in [0.2, 0.25) is 5.91 Å². The molecule has 2 heterocycles. The lowest BCUT2D eigenvalue weighted by Crippen LogP contribution is -2.42. The Morgan fingerprint density at radius 1 is 1.36 bits per heavy atom. The second-order valence-electron chi connectivity index (χ2n) is 6.45. The van der Waals surface area contributed by atoms with Crippen LogP contribution in [0.2, 0.25) is 0 Å². The van der Waals surface area contributed by atoms with Crippen LogP contribution in [0.5, 0.6) is 5.75 Å². The van der Waals surface area contributed by atoms with E-state index in [-0.39, 0.29) is 24.0 Å². The molecule has 1 aliphatic rings. The molecular formula is C19H24N2O4. The van der Waals surface area contributed by atoms with E-state index in [2.05, 4.69) is 10.6 Å². The summed E-state index contributed by atoms with van der Waals surface area (Å²) in [5.74, 6) is 0.629. The van der Waals surface area contributed by atoms with Gasteiger partial charge in [-0.15, -0.1) is 0 Å². The summed E-state index contributed by atoms with van der Waals surface area (Å²) in [5.41, 5.74) is 1.55. The third-order valence-electron chi connectivity index (χ3n) is 4.80. The van der Waals surface area contributed by atoms with Crippen LogP contribution in [0.4, 0.5) is 0 Å². The monoisotopic (exact) mass is 344 g/mol. The van der Waals surface area contributed by atoms with Crippen LogP contribution in [0.15, 0.2) is 27.4 Å². The van der Waals surface area contributed by atoms with Crippen LogP contribution < -0.4 is 21.0 Å². The Kier molecular flexibility index (Phi) is 5.38. The number of amides is 1. The molecule has 2 aromatic rings. The van der Waals surface area contributed by atoms with Crippen molar-refractivity contribution in [2.24, 2.45) is 0 Å². The lowest BCUT2D eigenvalue weighted by molar-refractivity contribution is -0.121. The van der Waals surface area contributed by atoms with Gasteiger partial charge >= 0.3 is 5.63 Å². The van der Waals surface area contributed by atoms with Crippen molar-refractivity contribution in [3.05, 3.63) is 39.7 Å². The average molecular weight is 344 g/mol. The minimum Gasteiger partial charge on any atom is -0.497 e. The maximum absolute atomic E-state index is 12.3. The van der Waals surface area contributed by atoms with Gasteiger partial charge in [-0.3, -0.25) is 4.79 Å². The van der Waals surface area contributed by atoms with E-state index in [0.29, 0.717) is 23.3 Å². The Hall–Kier alpha value is -2.34. The van der Waals surface area contributed by atoms with Gasteiger partial charge in [-0.25, -0.2) is 4.79 Å². The van der Waals surface area contributed by atoms with Crippen LogP contribution in [0, 0.1) is 6.92 Å². The minimum atomic E-state index is -0.382. The molecule has 1 fully saturated rings. The van der Waals surface area contributed by atoms with Crippen LogP contribution in [-0.4, -0.2) is 32.1 Å². The highest BCUT2D eigenvalue weighted by atomic mass is 16.5. The van der Waals surface area contributed by atoms with E-state index in [9.17, 15) is 9.59 Å². The van der Waals surface area contributed by atoms with E-state index in [1.165, 1.54) is 0 Å². The van der Waals surface area contributed by atoms with Crippen LogP contribution in [0.1, 0.15) is 30.4 Å². The van der Waals surface area contributed by atoms with Gasteiger partial charge in [0.1, 0.15) is 11.3 Å². The number of fused-ring (bicyclic) bond motifs is 1. The fourth-order valence-corrected chi connectivity index (χ4v) is 3.30. The average Bonchev–Trinajstić information content (AvgIpc) is 2.61. The van der Waals surface area contributed by atoms with Crippen molar-refractivity contribution in [1.82, 2.24) is 10.6 Å². The number of carbonyl (C=O) groups is 1. The first-order valence-corrected chi connectivity index (χ1v) is 8.69. The summed E-state index contributed by atoms with van der Waals surface area (Å²) in [4.78, 5) is 24.5. The summed E-state index contributed by atoms with van der Waals surface area (Å²) in [6.45, 7) is 3.76. The van der Waals surface area contributed by atoms with Crippen LogP contribution >= 0.6 is 0 Å². The minimum absolute atomic E-state index is 0.0134. The molecule has 1 amide bonds. The summed E-state index contributed by atoms with van der Waals surface area (Å²) in [7, 11) is 1.57. The molecular weight excluding hydrogens is 320 g/mol. The molecule has 0 atom stereocenters. The predicted octanol–water partition coefficient (Wildman–Crippen LogP) is 1.91. The number of ether oxygens (including phenoxy) is 1. The summed E-state index contributed by atoms with van der Waals surface area (Å²) in [6.07, 6.45) is 2.57. The Labute approximate surface area is 146 Å². The third kappa shape index (κ3) is 4.02. The number of aryl methyl sites for hydroxylation is 1. The van der Waals surface area contributed by atoms with Crippen molar-refractivity contribution in [2.75, 3.05) is 20.2 Å². The normalized spacial score (nSPS) is 15.3. The molecule has 1 aromatic heterocycles. The van der Waals surface area contributed by atoms with Crippen LogP contribution in [0.25, 0.3) is 11.0 Å². The molecule has 0 saturated carbocycles. The fourth-order valence-electron chi connectivity index (χ4n) is 3.30. The summed E-state index contributed by atoms with van der Waals surface area (Å²) in [6, 6.07) is 5.65. The number of methoxy groups -OCH3 is 1. The SMILES string of the molecule is COc1ccc2c(C)c(CCC(=O)NC3CCNCC3)c(=O)oc2c1. The molecule has 25 heavy (non-hydrogen) atoms. The van der Waals surface area contributed by atoms with Crippen molar-refractivity contribution >= 4 is 16.9 Å². The largest absolute Gasteiger partial charge is 0.497 e. The highest BCUT2D eigenvalue weighted by molar-refractivity contribution is 5.82. The lowest BCUT2D eigenvalue weighted by Gasteiger charge is -2.23. The molecule has 1 saturated heterocycles. The second-order valence-corrected chi connectivity index (χ2v) is 6.45. The summed E-state index contributed by atoms with van der Waals surface area (Å²) >= 11 is 0. The van der Waals surface area contributed by atoms with Crippen molar-refractivity contribution in [3.8, 4) is 5.75 Å². The van der Waals surface area contributed by atoms with E-state index in [0.717, 1.165) is 36.9 Å². The van der Waals surface area contributed by atoms with Crippen LogP contribution in [-0.2, 0) is 11.2 Å². The number of benzene rings is 1. The zero-order valence-corrected chi connectivity index (χ0v) is 14.7. The zero-order chi connectivity index (χ0) is 17.8. The van der Waals surface area contributed by atoms with Crippen molar-refractivity contribution in [2.45, 2.75) is 38.6 Å². The Bertz CT molecular complexity index is 822. The molecule has 1 aliphatic heterocycles. The fraction of sp³-hybridized carbons (Fsp3) is 0.474. The highest BCUT2D eigenvalue weighted by Gasteiger charge is 2.17. The molecule has 134 valence electrons. The maximum Gasteiger partial charge on any atom is 0.339 e. The molecule has 2 N–H and O–H groups in total. The molecule has 6 heteroatoms. The van der Waals surface area contributed by atoms with Crippen LogP contribution in [0.3, 0.4) is 0 Å². The predicted molar refractivity (Wildman–Crippen MR) is 96.1 cm³/mol. The van der Waals surface area contributed by atoms with Crippen molar-refractivity contribution in [3.63, 3.8) is 0 Å². The van der Waals surface area contributed by atoms with Crippen molar-refractivity contribution < 1.29 is 13.9 Å². The van der Waals surface area contributed by atoms with E-state index in [1.54, 1.807) is 13.2 Å². The first kappa shape index (κ1) is 17.5. The van der Waals surface area contributed by atoms with Gasteiger partial charge in [-0.05, 0) is 57.0 Å². The maximum atomic E-state index is 12.3. The van der Waals surface area contributed by atoms with E-state index in [1.807, 2.05) is 19.1 Å². The van der Waals surface area contributed by atoms with Crippen molar-refractivity contribution in [1.29, 1.82) is 0 Å². The molecule has 0 unspecified atom stereocenters. The number of hydrogen-bond donors (Lipinski definition) is 2. The van der Waals surface area contributed by atoms with Gasteiger partial charge in [0.25, 0.3) is 0 Å². The first-order chi connectivity index (χ1) is 12.1. The first-order valence-electron chi connectivity index (χ1n) is 8.69. The van der Waals surface area contributed by atoms with E-state index in [4.69, 9.17) is 9.15 Å². The standard InChI is InChI=1S/C19H24N2O4/c1-12-15-4-3-14(24-2)11-17(15)25-19(23)16(12)5-6-18(22)21-13-7-9-20-10-8-13/h3-4,11,13,20H,5-10H2,1-2H3,(H,21,22). The number of rotatable bonds is 5. The number of hydrogen-bond acceptors (Lipinski definition) is 5. The smallest absolute Gasteiger partial charge is 0.339 e. The Morgan fingerprint density at radius 2 is 2.12 bits per heavy atom. The molecule has 0 spiro atoms. The van der Waals surface area contributed by atoms with Gasteiger partial charge in [0, 0.05) is 29.5 Å². The molecule has 6 nitrogen and oxygen atoms in total. The summed E-state index contributed by atoms with van der Waals surface area (Å²) in [5, 5.41) is 7.19. The third-order valence-corrected chi connectivity index (χ3v) is 4.80. The van der Waals surface area contributed by atoms with E-state index >= 15 is 0 Å².